The first kappa shape index (κ1) is 27.1. The van der Waals surface area contributed by atoms with Gasteiger partial charge < -0.3 is 19.6 Å². The fourth-order valence-corrected chi connectivity index (χ4v) is 4.66. The number of likely N-dealkylation sites (tertiary alicyclic amines) is 1. The third-order valence-corrected chi connectivity index (χ3v) is 6.86. The number of carbonyl (C=O) groups is 2. The molecule has 3 aromatic carbocycles. The molecular weight excluding hydrogens is 476 g/mol. The second-order valence-corrected chi connectivity index (χ2v) is 10.4. The lowest BCUT2D eigenvalue weighted by molar-refractivity contribution is -0.140. The number of ketones is 1. The third-order valence-electron chi connectivity index (χ3n) is 6.86. The number of hydrogen-bond donors (Lipinski definition) is 1. The SMILES string of the molecule is Cc1cccc(COc2ccc(C(O)=C3C(=O)C(=O)N(CCN(C)C)[C@@H]3c3ccc(C(C)C)cc3)cc2)c1. The van der Waals surface area contributed by atoms with Crippen molar-refractivity contribution in [3.63, 3.8) is 0 Å². The topological polar surface area (TPSA) is 70.1 Å². The van der Waals surface area contributed by atoms with E-state index in [0.29, 0.717) is 36.9 Å². The lowest BCUT2D eigenvalue weighted by atomic mass is 9.93. The standard InChI is InChI=1S/C32H36N2O4/c1-21(2)24-9-11-25(12-10-24)29-28(31(36)32(37)34(29)18-17-33(4)5)30(35)26-13-15-27(16-14-26)38-20-23-8-6-7-22(3)19-23/h6-16,19,21,29,35H,17-18,20H2,1-5H3/t29-/m1/s1. The summed E-state index contributed by atoms with van der Waals surface area (Å²) in [6.45, 7) is 7.67. The van der Waals surface area contributed by atoms with E-state index in [4.69, 9.17) is 4.74 Å². The van der Waals surface area contributed by atoms with Gasteiger partial charge in [-0.1, -0.05) is 67.9 Å². The van der Waals surface area contributed by atoms with E-state index in [1.165, 1.54) is 11.1 Å². The predicted octanol–water partition coefficient (Wildman–Crippen LogP) is 5.68. The zero-order valence-corrected chi connectivity index (χ0v) is 22.8. The Morgan fingerprint density at radius 2 is 1.68 bits per heavy atom. The Bertz CT molecular complexity index is 1320. The number of likely N-dealkylation sites (N-methyl/N-ethyl adjacent to an activating group) is 1. The van der Waals surface area contributed by atoms with Gasteiger partial charge in [0.05, 0.1) is 11.6 Å². The van der Waals surface area contributed by atoms with Crippen molar-refractivity contribution in [1.82, 2.24) is 9.80 Å². The number of aliphatic hydroxyl groups is 1. The van der Waals surface area contributed by atoms with Crippen molar-refractivity contribution >= 4 is 17.4 Å². The van der Waals surface area contributed by atoms with Gasteiger partial charge in [-0.25, -0.2) is 0 Å². The minimum Gasteiger partial charge on any atom is -0.507 e. The van der Waals surface area contributed by atoms with E-state index in [9.17, 15) is 14.7 Å². The van der Waals surface area contributed by atoms with Crippen molar-refractivity contribution in [2.75, 3.05) is 27.2 Å². The first-order valence-electron chi connectivity index (χ1n) is 13.0. The zero-order valence-electron chi connectivity index (χ0n) is 22.8. The molecule has 198 valence electrons. The molecule has 1 saturated heterocycles. The summed E-state index contributed by atoms with van der Waals surface area (Å²) in [6, 6.07) is 22.4. The Kier molecular flexibility index (Phi) is 8.32. The van der Waals surface area contributed by atoms with Crippen LogP contribution in [0.3, 0.4) is 0 Å². The number of carbonyl (C=O) groups excluding carboxylic acids is 2. The average molecular weight is 513 g/mol. The Morgan fingerprint density at radius 3 is 2.29 bits per heavy atom. The van der Waals surface area contributed by atoms with Gasteiger partial charge in [0.25, 0.3) is 11.7 Å². The summed E-state index contributed by atoms with van der Waals surface area (Å²) in [6.07, 6.45) is 0. The second-order valence-electron chi connectivity index (χ2n) is 10.4. The highest BCUT2D eigenvalue weighted by molar-refractivity contribution is 6.46. The van der Waals surface area contributed by atoms with Gasteiger partial charge in [-0.15, -0.1) is 0 Å². The van der Waals surface area contributed by atoms with Gasteiger partial charge in [0, 0.05) is 18.7 Å². The summed E-state index contributed by atoms with van der Waals surface area (Å²) in [5, 5.41) is 11.3. The largest absolute Gasteiger partial charge is 0.507 e. The molecule has 3 aromatic rings. The fraction of sp³-hybridized carbons (Fsp3) is 0.312. The molecule has 1 aliphatic rings. The number of aliphatic hydroxyl groups excluding tert-OH is 1. The summed E-state index contributed by atoms with van der Waals surface area (Å²) in [4.78, 5) is 29.9. The molecule has 6 heteroatoms. The third kappa shape index (κ3) is 5.97. The van der Waals surface area contributed by atoms with Crippen molar-refractivity contribution < 1.29 is 19.4 Å². The number of Topliss-reactive ketones (excluding diaryl/α,β-unsaturated/α-hetero) is 1. The molecule has 1 amide bonds. The summed E-state index contributed by atoms with van der Waals surface area (Å²) in [5.74, 6) is -0.437. The first-order valence-corrected chi connectivity index (χ1v) is 13.0. The highest BCUT2D eigenvalue weighted by Crippen LogP contribution is 2.39. The number of benzene rings is 3. The minimum absolute atomic E-state index is 0.111. The molecule has 1 N–H and O–H groups in total. The van der Waals surface area contributed by atoms with E-state index in [1.807, 2.05) is 68.4 Å². The lowest BCUT2D eigenvalue weighted by Crippen LogP contribution is -2.35. The molecule has 0 unspecified atom stereocenters. The molecule has 38 heavy (non-hydrogen) atoms. The Hall–Kier alpha value is -3.90. The van der Waals surface area contributed by atoms with Crippen molar-refractivity contribution in [3.05, 3.63) is 106 Å². The van der Waals surface area contributed by atoms with Gasteiger partial charge in [0.15, 0.2) is 0 Å². The van der Waals surface area contributed by atoms with Crippen LogP contribution in [0.15, 0.2) is 78.4 Å². The molecular formula is C32H36N2O4. The van der Waals surface area contributed by atoms with Crippen molar-refractivity contribution in [2.24, 2.45) is 0 Å². The van der Waals surface area contributed by atoms with Gasteiger partial charge in [-0.05, 0) is 67.9 Å². The van der Waals surface area contributed by atoms with Crippen molar-refractivity contribution in [2.45, 2.75) is 39.3 Å². The molecule has 0 saturated carbocycles. The number of hydrogen-bond acceptors (Lipinski definition) is 5. The summed E-state index contributed by atoms with van der Waals surface area (Å²) in [7, 11) is 3.84. The van der Waals surface area contributed by atoms with Crippen LogP contribution in [0.2, 0.25) is 0 Å². The van der Waals surface area contributed by atoms with Crippen LogP contribution in [0.5, 0.6) is 5.75 Å². The highest BCUT2D eigenvalue weighted by atomic mass is 16.5. The number of nitrogens with zero attached hydrogens (tertiary/aromatic N) is 2. The van der Waals surface area contributed by atoms with E-state index in [-0.39, 0.29) is 11.3 Å². The summed E-state index contributed by atoms with van der Waals surface area (Å²) in [5.41, 5.74) is 4.77. The molecule has 4 rings (SSSR count). The number of amides is 1. The maximum atomic E-state index is 13.2. The number of aryl methyl sites for hydroxylation is 1. The quantitative estimate of drug-likeness (QED) is 0.227. The van der Waals surface area contributed by atoms with Crippen molar-refractivity contribution in [1.29, 1.82) is 0 Å². The van der Waals surface area contributed by atoms with Crippen LogP contribution < -0.4 is 4.74 Å². The van der Waals surface area contributed by atoms with Crippen molar-refractivity contribution in [3.8, 4) is 5.75 Å². The molecule has 0 aliphatic carbocycles. The van der Waals surface area contributed by atoms with Crippen LogP contribution in [0, 0.1) is 6.92 Å². The van der Waals surface area contributed by atoms with Crippen LogP contribution >= 0.6 is 0 Å². The molecule has 0 aromatic heterocycles. The van der Waals surface area contributed by atoms with E-state index >= 15 is 0 Å². The minimum atomic E-state index is -0.668. The van der Waals surface area contributed by atoms with Gasteiger partial charge >= 0.3 is 0 Å². The van der Waals surface area contributed by atoms with Crippen LogP contribution in [0.25, 0.3) is 5.76 Å². The van der Waals surface area contributed by atoms with E-state index in [0.717, 1.165) is 11.1 Å². The highest BCUT2D eigenvalue weighted by Gasteiger charge is 2.45. The molecule has 1 aliphatic heterocycles. The molecule has 6 nitrogen and oxygen atoms in total. The smallest absolute Gasteiger partial charge is 0.295 e. The maximum Gasteiger partial charge on any atom is 0.295 e. The summed E-state index contributed by atoms with van der Waals surface area (Å²) >= 11 is 0. The molecule has 0 bridgehead atoms. The van der Waals surface area contributed by atoms with Gasteiger partial charge in [0.2, 0.25) is 0 Å². The van der Waals surface area contributed by atoms with Gasteiger partial charge in [-0.2, -0.15) is 0 Å². The van der Waals surface area contributed by atoms with Gasteiger partial charge in [-0.3, -0.25) is 9.59 Å². The molecule has 0 radical (unpaired) electrons. The second kappa shape index (κ2) is 11.7. The fourth-order valence-electron chi connectivity index (χ4n) is 4.66. The predicted molar refractivity (Wildman–Crippen MR) is 150 cm³/mol. The van der Waals surface area contributed by atoms with Crippen LogP contribution in [-0.4, -0.2) is 53.8 Å². The Balaban J connectivity index is 1.65. The van der Waals surface area contributed by atoms with E-state index in [2.05, 4.69) is 19.9 Å². The van der Waals surface area contributed by atoms with E-state index in [1.54, 1.807) is 29.2 Å². The first-order chi connectivity index (χ1) is 18.2. The Morgan fingerprint density at radius 1 is 1.00 bits per heavy atom. The Labute approximate surface area is 225 Å². The molecule has 1 atom stereocenters. The van der Waals surface area contributed by atoms with E-state index < -0.39 is 17.7 Å². The van der Waals surface area contributed by atoms with Crippen LogP contribution in [-0.2, 0) is 16.2 Å². The normalized spacial score (nSPS) is 17.0. The van der Waals surface area contributed by atoms with Crippen LogP contribution in [0.1, 0.15) is 53.6 Å². The maximum absolute atomic E-state index is 13.2. The van der Waals surface area contributed by atoms with Crippen LogP contribution in [0.4, 0.5) is 0 Å². The zero-order chi connectivity index (χ0) is 27.4. The average Bonchev–Trinajstić information content (AvgIpc) is 3.15. The molecule has 1 heterocycles. The lowest BCUT2D eigenvalue weighted by Gasteiger charge is -2.27. The number of ether oxygens (including phenoxy) is 1. The summed E-state index contributed by atoms with van der Waals surface area (Å²) < 4.78 is 5.91. The van der Waals surface area contributed by atoms with Gasteiger partial charge in [0.1, 0.15) is 18.1 Å². The monoisotopic (exact) mass is 512 g/mol. The molecule has 0 spiro atoms. The number of rotatable bonds is 9. The molecule has 1 fully saturated rings.